The van der Waals surface area contributed by atoms with Crippen LogP contribution < -0.4 is 11.1 Å². The van der Waals surface area contributed by atoms with Crippen LogP contribution in [0, 0.1) is 18.6 Å². The Balaban J connectivity index is 2.28. The zero-order valence-electron chi connectivity index (χ0n) is 11.0. The summed E-state index contributed by atoms with van der Waals surface area (Å²) in [5.41, 5.74) is 7.56. The normalized spacial score (nSPS) is 12.2. The lowest BCUT2D eigenvalue weighted by Gasteiger charge is -2.20. The van der Waals surface area contributed by atoms with E-state index < -0.39 is 0 Å². The van der Waals surface area contributed by atoms with Crippen LogP contribution >= 0.6 is 11.6 Å². The highest BCUT2D eigenvalue weighted by atomic mass is 35.5. The van der Waals surface area contributed by atoms with Crippen LogP contribution in [0.15, 0.2) is 36.4 Å². The molecule has 2 nitrogen and oxygen atoms in total. The molecule has 0 spiro atoms. The van der Waals surface area contributed by atoms with Crippen LogP contribution in [0.3, 0.4) is 0 Å². The van der Waals surface area contributed by atoms with Crippen molar-refractivity contribution in [1.29, 1.82) is 0 Å². The van der Waals surface area contributed by atoms with Gasteiger partial charge in [0.15, 0.2) is 0 Å². The first-order valence-corrected chi connectivity index (χ1v) is 6.56. The largest absolute Gasteiger partial charge is 0.376 e. The second kappa shape index (κ2) is 6.20. The summed E-state index contributed by atoms with van der Waals surface area (Å²) in [5, 5.41) is 3.49. The summed E-state index contributed by atoms with van der Waals surface area (Å²) >= 11 is 6.01. The molecule has 0 aliphatic carbocycles. The van der Waals surface area contributed by atoms with Gasteiger partial charge in [-0.1, -0.05) is 23.7 Å². The van der Waals surface area contributed by atoms with Gasteiger partial charge in [-0.05, 0) is 42.3 Å². The lowest BCUT2D eigenvalue weighted by atomic mass is 10.0. The molecule has 0 aliphatic heterocycles. The summed E-state index contributed by atoms with van der Waals surface area (Å²) in [6.07, 6.45) is 0. The maximum atomic E-state index is 13.3. The van der Waals surface area contributed by atoms with Gasteiger partial charge in [-0.15, -0.1) is 0 Å². The monoisotopic (exact) mass is 296 g/mol. The van der Waals surface area contributed by atoms with Crippen LogP contribution in [0.4, 0.5) is 14.5 Å². The third-order valence-corrected chi connectivity index (χ3v) is 3.41. The van der Waals surface area contributed by atoms with Crippen molar-refractivity contribution in [2.24, 2.45) is 5.73 Å². The average Bonchev–Trinajstić information content (AvgIpc) is 2.43. The van der Waals surface area contributed by atoms with Gasteiger partial charge in [0.1, 0.15) is 11.6 Å². The van der Waals surface area contributed by atoms with Crippen molar-refractivity contribution < 1.29 is 8.78 Å². The Morgan fingerprint density at radius 3 is 2.60 bits per heavy atom. The third kappa shape index (κ3) is 3.26. The van der Waals surface area contributed by atoms with Crippen molar-refractivity contribution >= 4 is 17.3 Å². The van der Waals surface area contributed by atoms with E-state index in [-0.39, 0.29) is 24.2 Å². The predicted molar refractivity (Wildman–Crippen MR) is 78.0 cm³/mol. The van der Waals surface area contributed by atoms with Gasteiger partial charge in [0.25, 0.3) is 0 Å². The van der Waals surface area contributed by atoms with E-state index in [9.17, 15) is 8.78 Å². The molecule has 0 saturated carbocycles. The smallest absolute Gasteiger partial charge is 0.126 e. The minimum absolute atomic E-state index is 0.270. The zero-order valence-corrected chi connectivity index (χ0v) is 11.7. The van der Waals surface area contributed by atoms with Crippen LogP contribution in [0.2, 0.25) is 5.02 Å². The Morgan fingerprint density at radius 2 is 1.95 bits per heavy atom. The van der Waals surface area contributed by atoms with E-state index in [1.54, 1.807) is 19.1 Å². The lowest BCUT2D eigenvalue weighted by Crippen LogP contribution is -2.21. The molecule has 0 radical (unpaired) electrons. The van der Waals surface area contributed by atoms with E-state index in [2.05, 4.69) is 5.32 Å². The van der Waals surface area contributed by atoms with Crippen molar-refractivity contribution in [1.82, 2.24) is 0 Å². The number of halogens is 3. The second-order valence-corrected chi connectivity index (χ2v) is 4.97. The highest BCUT2D eigenvalue weighted by Gasteiger charge is 2.13. The molecular formula is C15H15ClF2N2. The number of nitrogens with two attached hydrogens (primary N) is 1. The molecule has 5 heteroatoms. The topological polar surface area (TPSA) is 38.0 Å². The number of rotatable bonds is 4. The third-order valence-electron chi connectivity index (χ3n) is 3.08. The van der Waals surface area contributed by atoms with E-state index >= 15 is 0 Å². The summed E-state index contributed by atoms with van der Waals surface area (Å²) in [6.45, 7) is 1.96. The predicted octanol–water partition coefficient (Wildman–Crippen LogP) is 4.04. The molecule has 0 aromatic heterocycles. The Bertz CT molecular complexity index is 617. The minimum atomic E-state index is -0.386. The SMILES string of the molecule is Cc1cc(C(CN)Nc2cc(F)ccc2Cl)ccc1F. The van der Waals surface area contributed by atoms with E-state index in [1.165, 1.54) is 24.3 Å². The summed E-state index contributed by atoms with van der Waals surface area (Å²) in [7, 11) is 0. The van der Waals surface area contributed by atoms with Gasteiger partial charge in [-0.3, -0.25) is 0 Å². The van der Waals surface area contributed by atoms with Crippen molar-refractivity contribution in [3.8, 4) is 0 Å². The molecule has 0 aliphatic rings. The standard InChI is InChI=1S/C15H15ClF2N2/c1-9-6-10(2-5-13(9)18)15(8-19)20-14-7-11(17)3-4-12(14)16/h2-7,15,20H,8,19H2,1H3. The maximum Gasteiger partial charge on any atom is 0.126 e. The van der Waals surface area contributed by atoms with Gasteiger partial charge in [-0.2, -0.15) is 0 Å². The minimum Gasteiger partial charge on any atom is -0.376 e. The molecule has 0 bridgehead atoms. The fraction of sp³-hybridized carbons (Fsp3) is 0.200. The number of anilines is 1. The molecule has 0 heterocycles. The van der Waals surface area contributed by atoms with Crippen molar-refractivity contribution in [2.75, 3.05) is 11.9 Å². The maximum absolute atomic E-state index is 13.3. The number of hydrogen-bond donors (Lipinski definition) is 2. The van der Waals surface area contributed by atoms with E-state index in [4.69, 9.17) is 17.3 Å². The summed E-state index contributed by atoms with van der Waals surface area (Å²) in [4.78, 5) is 0. The molecule has 0 fully saturated rings. The van der Waals surface area contributed by atoms with Gasteiger partial charge in [0.2, 0.25) is 0 Å². The van der Waals surface area contributed by atoms with Crippen molar-refractivity contribution in [3.05, 3.63) is 64.2 Å². The molecule has 2 aromatic rings. The van der Waals surface area contributed by atoms with Crippen molar-refractivity contribution in [3.63, 3.8) is 0 Å². The highest BCUT2D eigenvalue weighted by molar-refractivity contribution is 6.33. The first kappa shape index (κ1) is 14.8. The van der Waals surface area contributed by atoms with Crippen LogP contribution in [0.25, 0.3) is 0 Å². The van der Waals surface area contributed by atoms with Gasteiger partial charge in [-0.25, -0.2) is 8.78 Å². The summed E-state index contributed by atoms with van der Waals surface area (Å²) in [5.74, 6) is -0.656. The van der Waals surface area contributed by atoms with Gasteiger partial charge >= 0.3 is 0 Å². The van der Waals surface area contributed by atoms with E-state index in [1.807, 2.05) is 0 Å². The fourth-order valence-corrected chi connectivity index (χ4v) is 2.13. The van der Waals surface area contributed by atoms with Gasteiger partial charge in [0.05, 0.1) is 16.8 Å². The molecule has 2 rings (SSSR count). The summed E-state index contributed by atoms with van der Waals surface area (Å²) < 4.78 is 26.5. The van der Waals surface area contributed by atoms with Crippen LogP contribution in [-0.2, 0) is 0 Å². The van der Waals surface area contributed by atoms with E-state index in [0.717, 1.165) is 5.56 Å². The molecule has 3 N–H and O–H groups in total. The summed E-state index contributed by atoms with van der Waals surface area (Å²) in [6, 6.07) is 8.56. The molecule has 1 atom stereocenters. The van der Waals surface area contributed by atoms with Gasteiger partial charge in [0, 0.05) is 6.54 Å². The van der Waals surface area contributed by atoms with Crippen molar-refractivity contribution in [2.45, 2.75) is 13.0 Å². The highest BCUT2D eigenvalue weighted by Crippen LogP contribution is 2.27. The Kier molecular flexibility index (Phi) is 4.57. The first-order chi connectivity index (χ1) is 9.51. The molecule has 2 aromatic carbocycles. The number of aryl methyl sites for hydroxylation is 1. The van der Waals surface area contributed by atoms with Gasteiger partial charge < -0.3 is 11.1 Å². The number of hydrogen-bond acceptors (Lipinski definition) is 2. The number of nitrogens with one attached hydrogen (secondary N) is 1. The molecule has 0 amide bonds. The lowest BCUT2D eigenvalue weighted by molar-refractivity contribution is 0.616. The molecule has 1 unspecified atom stereocenters. The fourth-order valence-electron chi connectivity index (χ4n) is 1.96. The Labute approximate surface area is 121 Å². The average molecular weight is 297 g/mol. The van der Waals surface area contributed by atoms with Crippen LogP contribution in [0.1, 0.15) is 17.2 Å². The van der Waals surface area contributed by atoms with E-state index in [0.29, 0.717) is 16.3 Å². The molecule has 20 heavy (non-hydrogen) atoms. The molecular weight excluding hydrogens is 282 g/mol. The first-order valence-electron chi connectivity index (χ1n) is 6.19. The number of benzene rings is 2. The quantitative estimate of drug-likeness (QED) is 0.893. The van der Waals surface area contributed by atoms with Crippen LogP contribution in [0.5, 0.6) is 0 Å². The Hall–Kier alpha value is -1.65. The zero-order chi connectivity index (χ0) is 14.7. The molecule has 0 saturated heterocycles. The second-order valence-electron chi connectivity index (χ2n) is 4.57. The molecule has 106 valence electrons. The Morgan fingerprint density at radius 1 is 1.20 bits per heavy atom. The van der Waals surface area contributed by atoms with Crippen LogP contribution in [-0.4, -0.2) is 6.54 Å².